The smallest absolute Gasteiger partial charge is 0.228 e. The Morgan fingerprint density at radius 1 is 1.04 bits per heavy atom. The van der Waals surface area contributed by atoms with Crippen molar-refractivity contribution in [2.24, 2.45) is 0 Å². The Morgan fingerprint density at radius 3 is 2.65 bits per heavy atom. The van der Waals surface area contributed by atoms with Crippen LogP contribution in [0.3, 0.4) is 0 Å². The Morgan fingerprint density at radius 2 is 1.81 bits per heavy atom. The van der Waals surface area contributed by atoms with Crippen LogP contribution in [0, 0.1) is 0 Å². The minimum Gasteiger partial charge on any atom is -0.496 e. The average Bonchev–Trinajstić information content (AvgIpc) is 2.72. The van der Waals surface area contributed by atoms with Gasteiger partial charge in [-0.05, 0) is 18.2 Å². The zero-order valence-corrected chi connectivity index (χ0v) is 14.8. The zero-order valence-electron chi connectivity index (χ0n) is 14.8. The van der Waals surface area contributed by atoms with E-state index in [9.17, 15) is 0 Å². The first-order valence-electron chi connectivity index (χ1n) is 8.80. The molecule has 0 radical (unpaired) electrons. The van der Waals surface area contributed by atoms with Crippen LogP contribution in [-0.2, 0) is 11.3 Å². The summed E-state index contributed by atoms with van der Waals surface area (Å²) >= 11 is 0. The first-order chi connectivity index (χ1) is 12.8. The topological polar surface area (TPSA) is 59.5 Å². The van der Waals surface area contributed by atoms with Crippen molar-refractivity contribution in [3.63, 3.8) is 0 Å². The number of fused-ring (bicyclic) bond motifs is 1. The summed E-state index contributed by atoms with van der Waals surface area (Å²) < 4.78 is 10.9. The number of para-hydroxylation sites is 2. The maximum absolute atomic E-state index is 5.45. The van der Waals surface area contributed by atoms with Gasteiger partial charge in [-0.2, -0.15) is 4.98 Å². The van der Waals surface area contributed by atoms with Gasteiger partial charge in [-0.15, -0.1) is 0 Å². The number of hydrogen-bond acceptors (Lipinski definition) is 6. The molecule has 6 heteroatoms. The number of ether oxygens (including phenoxy) is 2. The number of aromatic nitrogens is 2. The van der Waals surface area contributed by atoms with Crippen molar-refractivity contribution < 1.29 is 9.47 Å². The number of anilines is 2. The van der Waals surface area contributed by atoms with Crippen molar-refractivity contribution in [3.05, 3.63) is 54.1 Å². The van der Waals surface area contributed by atoms with E-state index >= 15 is 0 Å². The van der Waals surface area contributed by atoms with Crippen LogP contribution in [0.25, 0.3) is 10.9 Å². The van der Waals surface area contributed by atoms with E-state index in [4.69, 9.17) is 19.4 Å². The molecule has 0 saturated carbocycles. The SMILES string of the molecule is COc1ccccc1CNc1nc(N2CCOCC2)nc2ccccc12. The van der Waals surface area contributed by atoms with Crippen LogP contribution in [0.1, 0.15) is 5.56 Å². The van der Waals surface area contributed by atoms with Gasteiger partial charge in [0.2, 0.25) is 5.95 Å². The number of benzene rings is 2. The van der Waals surface area contributed by atoms with Crippen LogP contribution in [0.4, 0.5) is 11.8 Å². The predicted octanol–water partition coefficient (Wildman–Crippen LogP) is 3.09. The van der Waals surface area contributed by atoms with Gasteiger partial charge < -0.3 is 19.7 Å². The molecular formula is C20H22N4O2. The Hall–Kier alpha value is -2.86. The zero-order chi connectivity index (χ0) is 17.8. The molecule has 26 heavy (non-hydrogen) atoms. The molecule has 1 aliphatic rings. The first kappa shape index (κ1) is 16.6. The molecule has 0 aliphatic carbocycles. The van der Waals surface area contributed by atoms with Gasteiger partial charge in [0.05, 0.1) is 25.8 Å². The molecule has 3 aromatic rings. The standard InChI is InChI=1S/C20H22N4O2/c1-25-18-9-5-2-6-15(18)14-21-19-16-7-3-4-8-17(16)22-20(23-19)24-10-12-26-13-11-24/h2-9H,10-14H2,1H3,(H,21,22,23). The Kier molecular flexibility index (Phi) is 4.84. The highest BCUT2D eigenvalue weighted by Crippen LogP contribution is 2.25. The molecule has 0 unspecified atom stereocenters. The summed E-state index contributed by atoms with van der Waals surface area (Å²) in [7, 11) is 1.69. The highest BCUT2D eigenvalue weighted by molar-refractivity contribution is 5.90. The minimum atomic E-state index is 0.633. The molecule has 1 saturated heterocycles. The van der Waals surface area contributed by atoms with Gasteiger partial charge in [0.15, 0.2) is 0 Å². The number of nitrogens with zero attached hydrogens (tertiary/aromatic N) is 3. The van der Waals surface area contributed by atoms with Gasteiger partial charge in [0.1, 0.15) is 11.6 Å². The van der Waals surface area contributed by atoms with Crippen LogP contribution in [0.15, 0.2) is 48.5 Å². The molecule has 2 aromatic carbocycles. The van der Waals surface area contributed by atoms with Gasteiger partial charge >= 0.3 is 0 Å². The molecular weight excluding hydrogens is 328 g/mol. The second-order valence-electron chi connectivity index (χ2n) is 6.15. The second-order valence-corrected chi connectivity index (χ2v) is 6.15. The molecule has 1 aromatic heterocycles. The van der Waals surface area contributed by atoms with Gasteiger partial charge in [-0.3, -0.25) is 0 Å². The summed E-state index contributed by atoms with van der Waals surface area (Å²) in [5.41, 5.74) is 2.03. The summed E-state index contributed by atoms with van der Waals surface area (Å²) in [6, 6.07) is 16.1. The molecule has 0 atom stereocenters. The van der Waals surface area contributed by atoms with E-state index in [1.807, 2.05) is 42.5 Å². The van der Waals surface area contributed by atoms with Crippen molar-refractivity contribution in [1.82, 2.24) is 9.97 Å². The number of nitrogens with one attached hydrogen (secondary N) is 1. The third-order valence-corrected chi connectivity index (χ3v) is 4.52. The van der Waals surface area contributed by atoms with E-state index in [1.165, 1.54) is 0 Å². The molecule has 4 rings (SSSR count). The van der Waals surface area contributed by atoms with E-state index in [2.05, 4.69) is 16.3 Å². The maximum atomic E-state index is 5.45. The quantitative estimate of drug-likeness (QED) is 0.763. The summed E-state index contributed by atoms with van der Waals surface area (Å²) in [5.74, 6) is 2.45. The van der Waals surface area contributed by atoms with Gasteiger partial charge in [0, 0.05) is 30.6 Å². The lowest BCUT2D eigenvalue weighted by Gasteiger charge is -2.27. The largest absolute Gasteiger partial charge is 0.496 e. The summed E-state index contributed by atoms with van der Waals surface area (Å²) in [6.07, 6.45) is 0. The lowest BCUT2D eigenvalue weighted by Crippen LogP contribution is -2.37. The molecule has 0 spiro atoms. The van der Waals surface area contributed by atoms with Crippen molar-refractivity contribution in [1.29, 1.82) is 0 Å². The summed E-state index contributed by atoms with van der Waals surface area (Å²) in [6.45, 7) is 3.67. The number of morpholine rings is 1. The third-order valence-electron chi connectivity index (χ3n) is 4.52. The first-order valence-corrected chi connectivity index (χ1v) is 8.80. The highest BCUT2D eigenvalue weighted by atomic mass is 16.5. The van der Waals surface area contributed by atoms with Crippen LogP contribution in [0.5, 0.6) is 5.75 Å². The molecule has 0 bridgehead atoms. The van der Waals surface area contributed by atoms with Gasteiger partial charge in [-0.1, -0.05) is 30.3 Å². The molecule has 2 heterocycles. The molecule has 134 valence electrons. The average molecular weight is 350 g/mol. The van der Waals surface area contributed by atoms with Crippen LogP contribution < -0.4 is 15.0 Å². The molecule has 0 amide bonds. The van der Waals surface area contributed by atoms with Crippen molar-refractivity contribution in [2.45, 2.75) is 6.54 Å². The van der Waals surface area contributed by atoms with Crippen molar-refractivity contribution >= 4 is 22.7 Å². The van der Waals surface area contributed by atoms with Crippen LogP contribution in [0.2, 0.25) is 0 Å². The Bertz CT molecular complexity index is 894. The van der Waals surface area contributed by atoms with Crippen LogP contribution >= 0.6 is 0 Å². The lowest BCUT2D eigenvalue weighted by molar-refractivity contribution is 0.122. The number of rotatable bonds is 5. The van der Waals surface area contributed by atoms with E-state index in [0.29, 0.717) is 19.8 Å². The molecule has 1 fully saturated rings. The van der Waals surface area contributed by atoms with Crippen molar-refractivity contribution in [3.8, 4) is 5.75 Å². The lowest BCUT2D eigenvalue weighted by atomic mass is 10.2. The fourth-order valence-electron chi connectivity index (χ4n) is 3.13. The van der Waals surface area contributed by atoms with E-state index in [1.54, 1.807) is 7.11 Å². The third kappa shape index (κ3) is 3.41. The fourth-order valence-corrected chi connectivity index (χ4v) is 3.13. The minimum absolute atomic E-state index is 0.633. The molecule has 1 aliphatic heterocycles. The summed E-state index contributed by atoms with van der Waals surface area (Å²) in [5, 5.41) is 4.48. The van der Waals surface area contributed by atoms with Crippen LogP contribution in [-0.4, -0.2) is 43.4 Å². The van der Waals surface area contributed by atoms with Crippen molar-refractivity contribution in [2.75, 3.05) is 43.6 Å². The Balaban J connectivity index is 1.66. The Labute approximate surface area is 152 Å². The van der Waals surface area contributed by atoms with E-state index in [-0.39, 0.29) is 0 Å². The number of methoxy groups -OCH3 is 1. The second kappa shape index (κ2) is 7.58. The van der Waals surface area contributed by atoms with E-state index < -0.39 is 0 Å². The number of hydrogen-bond donors (Lipinski definition) is 1. The van der Waals surface area contributed by atoms with E-state index in [0.717, 1.165) is 47.1 Å². The predicted molar refractivity (Wildman–Crippen MR) is 103 cm³/mol. The fraction of sp³-hybridized carbons (Fsp3) is 0.300. The molecule has 6 nitrogen and oxygen atoms in total. The van der Waals surface area contributed by atoms with Gasteiger partial charge in [0.25, 0.3) is 0 Å². The highest BCUT2D eigenvalue weighted by Gasteiger charge is 2.16. The monoisotopic (exact) mass is 350 g/mol. The normalized spacial score (nSPS) is 14.4. The van der Waals surface area contributed by atoms with Gasteiger partial charge in [-0.25, -0.2) is 4.98 Å². The molecule has 1 N–H and O–H groups in total. The maximum Gasteiger partial charge on any atom is 0.228 e. The summed E-state index contributed by atoms with van der Waals surface area (Å²) in [4.78, 5) is 11.7.